The smallest absolute Gasteiger partial charge is 0.243 e. The van der Waals surface area contributed by atoms with Crippen molar-refractivity contribution in [3.63, 3.8) is 0 Å². The fourth-order valence-electron chi connectivity index (χ4n) is 2.54. The van der Waals surface area contributed by atoms with E-state index in [4.69, 9.17) is 0 Å². The molecule has 2 aliphatic heterocycles. The molecule has 0 aliphatic carbocycles. The van der Waals surface area contributed by atoms with Gasteiger partial charge < -0.3 is 5.32 Å². The molecule has 1 aromatic carbocycles. The molecule has 94 valence electrons. The van der Waals surface area contributed by atoms with Gasteiger partial charge in [0.15, 0.2) is 0 Å². The summed E-state index contributed by atoms with van der Waals surface area (Å²) in [6.07, 6.45) is 1.03. The molecule has 5 heteroatoms. The van der Waals surface area contributed by atoms with Crippen LogP contribution in [0.5, 0.6) is 0 Å². The van der Waals surface area contributed by atoms with Crippen LogP contribution < -0.4 is 10.6 Å². The highest BCUT2D eigenvalue weighted by atomic mass is 16.2. The van der Waals surface area contributed by atoms with Crippen LogP contribution in [0, 0.1) is 0 Å². The molecular weight excluding hydrogens is 230 g/mol. The van der Waals surface area contributed by atoms with Gasteiger partial charge in [0.25, 0.3) is 0 Å². The molecule has 1 aromatic rings. The van der Waals surface area contributed by atoms with E-state index in [0.717, 1.165) is 12.2 Å². The van der Waals surface area contributed by atoms with Crippen LogP contribution in [0.2, 0.25) is 0 Å². The first-order valence-corrected chi connectivity index (χ1v) is 6.13. The fraction of sp³-hybridized carbons (Fsp3) is 0.385. The number of carbonyl (C=O) groups excluding carboxylic acids is 2. The number of hydrogen-bond acceptors (Lipinski definition) is 4. The van der Waals surface area contributed by atoms with E-state index in [2.05, 4.69) is 21.6 Å². The molecule has 0 radical (unpaired) electrons. The molecule has 2 N–H and O–H groups in total. The molecule has 2 amide bonds. The van der Waals surface area contributed by atoms with Gasteiger partial charge in [0, 0.05) is 18.7 Å². The zero-order valence-corrected chi connectivity index (χ0v) is 9.98. The SMILES string of the molecule is O=C1CCC(N2CNc3ccccc3C2)C(=O)N1. The van der Waals surface area contributed by atoms with Gasteiger partial charge in [-0.2, -0.15) is 0 Å². The summed E-state index contributed by atoms with van der Waals surface area (Å²) in [4.78, 5) is 25.0. The molecule has 1 fully saturated rings. The Balaban J connectivity index is 1.76. The second kappa shape index (κ2) is 4.42. The van der Waals surface area contributed by atoms with Crippen molar-refractivity contribution in [1.29, 1.82) is 0 Å². The third-order valence-corrected chi connectivity index (χ3v) is 3.51. The molecule has 2 heterocycles. The van der Waals surface area contributed by atoms with E-state index in [1.54, 1.807) is 0 Å². The van der Waals surface area contributed by atoms with Crippen LogP contribution in [0.4, 0.5) is 5.69 Å². The maximum atomic E-state index is 11.8. The number of hydrogen-bond donors (Lipinski definition) is 2. The Morgan fingerprint density at radius 2 is 2.06 bits per heavy atom. The van der Waals surface area contributed by atoms with Crippen molar-refractivity contribution in [2.75, 3.05) is 12.0 Å². The molecule has 0 spiro atoms. The van der Waals surface area contributed by atoms with E-state index < -0.39 is 0 Å². The average Bonchev–Trinajstić information content (AvgIpc) is 2.38. The highest BCUT2D eigenvalue weighted by Gasteiger charge is 2.33. The lowest BCUT2D eigenvalue weighted by Crippen LogP contribution is -2.54. The Hall–Kier alpha value is -1.88. The minimum Gasteiger partial charge on any atom is -0.372 e. The van der Waals surface area contributed by atoms with Crippen LogP contribution >= 0.6 is 0 Å². The molecule has 18 heavy (non-hydrogen) atoms. The van der Waals surface area contributed by atoms with E-state index in [1.807, 2.05) is 18.2 Å². The van der Waals surface area contributed by atoms with E-state index in [-0.39, 0.29) is 17.9 Å². The van der Waals surface area contributed by atoms with Crippen LogP contribution in [0.15, 0.2) is 24.3 Å². The monoisotopic (exact) mass is 245 g/mol. The summed E-state index contributed by atoms with van der Waals surface area (Å²) in [5, 5.41) is 5.71. The molecule has 5 nitrogen and oxygen atoms in total. The maximum Gasteiger partial charge on any atom is 0.243 e. The number of amides is 2. The van der Waals surface area contributed by atoms with Crippen molar-refractivity contribution in [2.45, 2.75) is 25.4 Å². The summed E-state index contributed by atoms with van der Waals surface area (Å²) in [7, 11) is 0. The standard InChI is InChI=1S/C13H15N3O2/c17-12-6-5-11(13(18)15-12)16-7-9-3-1-2-4-10(9)14-8-16/h1-4,11,14H,5-8H2,(H,15,17,18). The van der Waals surface area contributed by atoms with Gasteiger partial charge in [0.2, 0.25) is 11.8 Å². The molecule has 1 unspecified atom stereocenters. The Kier molecular flexibility index (Phi) is 2.76. The van der Waals surface area contributed by atoms with Crippen molar-refractivity contribution in [3.05, 3.63) is 29.8 Å². The number of piperidine rings is 1. The number of carbonyl (C=O) groups is 2. The van der Waals surface area contributed by atoms with Gasteiger partial charge >= 0.3 is 0 Å². The highest BCUT2D eigenvalue weighted by molar-refractivity contribution is 6.00. The average molecular weight is 245 g/mol. The molecule has 1 saturated heterocycles. The fourth-order valence-corrected chi connectivity index (χ4v) is 2.54. The first kappa shape index (κ1) is 11.2. The molecular formula is C13H15N3O2. The van der Waals surface area contributed by atoms with Crippen molar-refractivity contribution in [1.82, 2.24) is 10.2 Å². The molecule has 3 rings (SSSR count). The minimum absolute atomic E-state index is 0.165. The van der Waals surface area contributed by atoms with E-state index in [0.29, 0.717) is 19.5 Å². The van der Waals surface area contributed by atoms with Crippen molar-refractivity contribution in [3.8, 4) is 0 Å². The lowest BCUT2D eigenvalue weighted by atomic mass is 10.0. The quantitative estimate of drug-likeness (QED) is 0.714. The van der Waals surface area contributed by atoms with Gasteiger partial charge in [-0.1, -0.05) is 18.2 Å². The number of para-hydroxylation sites is 1. The van der Waals surface area contributed by atoms with Gasteiger partial charge in [-0.3, -0.25) is 19.8 Å². The van der Waals surface area contributed by atoms with Crippen LogP contribution in [-0.2, 0) is 16.1 Å². The maximum absolute atomic E-state index is 11.8. The number of fused-ring (bicyclic) bond motifs is 1. The third kappa shape index (κ3) is 1.97. The number of imide groups is 1. The van der Waals surface area contributed by atoms with Crippen molar-refractivity contribution < 1.29 is 9.59 Å². The normalized spacial score (nSPS) is 24.1. The van der Waals surface area contributed by atoms with Gasteiger partial charge in [0.1, 0.15) is 0 Å². The van der Waals surface area contributed by atoms with Crippen LogP contribution in [0.3, 0.4) is 0 Å². The van der Waals surface area contributed by atoms with Crippen molar-refractivity contribution in [2.24, 2.45) is 0 Å². The van der Waals surface area contributed by atoms with Gasteiger partial charge in [0.05, 0.1) is 12.7 Å². The van der Waals surface area contributed by atoms with Crippen molar-refractivity contribution >= 4 is 17.5 Å². The predicted octanol–water partition coefficient (Wildman–Crippen LogP) is 0.677. The first-order chi connectivity index (χ1) is 8.74. The van der Waals surface area contributed by atoms with E-state index in [9.17, 15) is 9.59 Å². The molecule has 0 saturated carbocycles. The highest BCUT2D eigenvalue weighted by Crippen LogP contribution is 2.24. The lowest BCUT2D eigenvalue weighted by molar-refractivity contribution is -0.137. The summed E-state index contributed by atoms with van der Waals surface area (Å²) < 4.78 is 0. The first-order valence-electron chi connectivity index (χ1n) is 6.13. The van der Waals surface area contributed by atoms with Gasteiger partial charge in [-0.15, -0.1) is 0 Å². The summed E-state index contributed by atoms with van der Waals surface area (Å²) in [6, 6.07) is 7.88. The molecule has 0 bridgehead atoms. The number of nitrogens with one attached hydrogen (secondary N) is 2. The largest absolute Gasteiger partial charge is 0.372 e. The van der Waals surface area contributed by atoms with Gasteiger partial charge in [-0.05, 0) is 18.1 Å². The zero-order chi connectivity index (χ0) is 12.5. The number of benzene rings is 1. The second-order valence-corrected chi connectivity index (χ2v) is 4.71. The zero-order valence-electron chi connectivity index (χ0n) is 9.98. The third-order valence-electron chi connectivity index (χ3n) is 3.51. The van der Waals surface area contributed by atoms with Crippen LogP contribution in [-0.4, -0.2) is 29.4 Å². The molecule has 0 aromatic heterocycles. The Morgan fingerprint density at radius 3 is 2.89 bits per heavy atom. The summed E-state index contributed by atoms with van der Waals surface area (Å²) >= 11 is 0. The van der Waals surface area contributed by atoms with Crippen LogP contribution in [0.25, 0.3) is 0 Å². The molecule has 1 atom stereocenters. The number of anilines is 1. The topological polar surface area (TPSA) is 61.4 Å². The Morgan fingerprint density at radius 1 is 1.22 bits per heavy atom. The molecule has 2 aliphatic rings. The Bertz CT molecular complexity index is 501. The Labute approximate surface area is 105 Å². The predicted molar refractivity (Wildman–Crippen MR) is 66.6 cm³/mol. The number of nitrogens with zero attached hydrogens (tertiary/aromatic N) is 1. The lowest BCUT2D eigenvalue weighted by Gasteiger charge is -2.36. The summed E-state index contributed by atoms with van der Waals surface area (Å²) in [5.41, 5.74) is 2.31. The summed E-state index contributed by atoms with van der Waals surface area (Å²) in [5.74, 6) is -0.339. The van der Waals surface area contributed by atoms with E-state index >= 15 is 0 Å². The van der Waals surface area contributed by atoms with E-state index in [1.165, 1.54) is 5.56 Å². The number of rotatable bonds is 1. The second-order valence-electron chi connectivity index (χ2n) is 4.71. The minimum atomic E-state index is -0.205. The summed E-state index contributed by atoms with van der Waals surface area (Å²) in [6.45, 7) is 1.39. The van der Waals surface area contributed by atoms with Gasteiger partial charge in [-0.25, -0.2) is 0 Å². The van der Waals surface area contributed by atoms with Crippen LogP contribution in [0.1, 0.15) is 18.4 Å².